The Bertz CT molecular complexity index is 566. The van der Waals surface area contributed by atoms with Crippen LogP contribution in [0.5, 0.6) is 0 Å². The third kappa shape index (κ3) is 4.31. The van der Waals surface area contributed by atoms with Gasteiger partial charge in [0.05, 0.1) is 11.4 Å². The first kappa shape index (κ1) is 15.6. The molecule has 20 heavy (non-hydrogen) atoms. The van der Waals surface area contributed by atoms with Crippen LogP contribution in [0.2, 0.25) is 0 Å². The second-order valence-electron chi connectivity index (χ2n) is 4.28. The molecule has 0 aromatic heterocycles. The Morgan fingerprint density at radius 3 is 2.55 bits per heavy atom. The smallest absolute Gasteiger partial charge is 0.172 e. The highest BCUT2D eigenvalue weighted by Gasteiger charge is 2.10. The molecule has 0 aliphatic heterocycles. The summed E-state index contributed by atoms with van der Waals surface area (Å²) in [5.41, 5.74) is 1.07. The van der Waals surface area contributed by atoms with Gasteiger partial charge in [-0.3, -0.25) is 9.59 Å². The van der Waals surface area contributed by atoms with Gasteiger partial charge in [-0.1, -0.05) is 6.07 Å². The molecule has 1 aromatic carbocycles. The monoisotopic (exact) mass is 277 g/mol. The zero-order chi connectivity index (χ0) is 15.1. The van der Waals surface area contributed by atoms with Gasteiger partial charge in [-0.2, -0.15) is 5.10 Å². The molecule has 1 N–H and O–H groups in total. The second-order valence-corrected chi connectivity index (χ2v) is 4.28. The summed E-state index contributed by atoms with van der Waals surface area (Å²) in [4.78, 5) is 21.7. The average Bonchev–Trinajstić information content (AvgIpc) is 2.38. The van der Waals surface area contributed by atoms with Crippen molar-refractivity contribution in [1.82, 2.24) is 5.01 Å². The lowest BCUT2D eigenvalue weighted by molar-refractivity contribution is -0.104. The van der Waals surface area contributed by atoms with Crippen LogP contribution in [0.25, 0.3) is 0 Å². The van der Waals surface area contributed by atoms with Crippen LogP contribution in [-0.4, -0.2) is 37.4 Å². The standard InChI is InChI=1S/C14H16FN3O2/c1-10-4-5-12(11(15)8-10)16-13(6-7-19)14(9-20)17-18(2)3/h4-9,16H,1-3H3/b13-6+,17-14-. The summed E-state index contributed by atoms with van der Waals surface area (Å²) in [5, 5.41) is 8.04. The largest absolute Gasteiger partial charge is 0.351 e. The number of halogens is 1. The van der Waals surface area contributed by atoms with E-state index in [4.69, 9.17) is 0 Å². The first-order chi connectivity index (χ1) is 9.47. The Hall–Kier alpha value is -2.50. The molecule has 0 bridgehead atoms. The number of hydrogen-bond donors (Lipinski definition) is 1. The molecule has 0 atom stereocenters. The lowest BCUT2D eigenvalue weighted by atomic mass is 10.2. The molecular weight excluding hydrogens is 261 g/mol. The third-order valence-corrected chi connectivity index (χ3v) is 2.32. The number of aryl methyl sites for hydroxylation is 1. The van der Waals surface area contributed by atoms with E-state index in [9.17, 15) is 14.0 Å². The van der Waals surface area contributed by atoms with Crippen molar-refractivity contribution in [2.45, 2.75) is 6.92 Å². The molecule has 0 heterocycles. The minimum atomic E-state index is -0.475. The Labute approximate surface area is 116 Å². The van der Waals surface area contributed by atoms with Crippen molar-refractivity contribution >= 4 is 24.0 Å². The van der Waals surface area contributed by atoms with E-state index in [1.807, 2.05) is 0 Å². The number of nitrogens with zero attached hydrogens (tertiary/aromatic N) is 2. The van der Waals surface area contributed by atoms with Crippen molar-refractivity contribution in [3.8, 4) is 0 Å². The topological polar surface area (TPSA) is 61.8 Å². The maximum Gasteiger partial charge on any atom is 0.172 e. The molecule has 1 rings (SSSR count). The lowest BCUT2D eigenvalue weighted by Gasteiger charge is -2.12. The van der Waals surface area contributed by atoms with Crippen molar-refractivity contribution < 1.29 is 14.0 Å². The molecule has 0 saturated carbocycles. The fourth-order valence-corrected chi connectivity index (χ4v) is 1.48. The third-order valence-electron chi connectivity index (χ3n) is 2.32. The number of carbonyl (C=O) groups is 2. The molecule has 5 nitrogen and oxygen atoms in total. The van der Waals surface area contributed by atoms with Crippen molar-refractivity contribution in [3.05, 3.63) is 41.4 Å². The van der Waals surface area contributed by atoms with E-state index < -0.39 is 5.82 Å². The maximum absolute atomic E-state index is 13.8. The number of allylic oxidation sites excluding steroid dienone is 2. The van der Waals surface area contributed by atoms with Crippen molar-refractivity contribution in [2.24, 2.45) is 5.10 Å². The molecule has 0 spiro atoms. The first-order valence-electron chi connectivity index (χ1n) is 5.88. The van der Waals surface area contributed by atoms with Gasteiger partial charge >= 0.3 is 0 Å². The number of rotatable bonds is 6. The van der Waals surface area contributed by atoms with Crippen LogP contribution < -0.4 is 5.32 Å². The average molecular weight is 277 g/mol. The Balaban J connectivity index is 3.13. The highest BCUT2D eigenvalue weighted by molar-refractivity contribution is 6.37. The maximum atomic E-state index is 13.8. The molecule has 0 aliphatic rings. The SMILES string of the molecule is Cc1ccc(NC(=C/C=O)/C(C=O)=N\N(C)C)c(F)c1. The summed E-state index contributed by atoms with van der Waals surface area (Å²) in [5.74, 6) is -0.475. The van der Waals surface area contributed by atoms with E-state index in [1.165, 1.54) is 17.1 Å². The minimum absolute atomic E-state index is 0.00192. The van der Waals surface area contributed by atoms with E-state index in [-0.39, 0.29) is 17.1 Å². The van der Waals surface area contributed by atoms with Gasteiger partial charge in [0.15, 0.2) is 6.29 Å². The molecule has 6 heteroatoms. The Kier molecular flexibility index (Phi) is 5.58. The zero-order valence-electron chi connectivity index (χ0n) is 11.6. The Morgan fingerprint density at radius 2 is 2.05 bits per heavy atom. The number of carbonyl (C=O) groups excluding carboxylic acids is 2. The van der Waals surface area contributed by atoms with Crippen LogP contribution >= 0.6 is 0 Å². The molecule has 1 aromatic rings. The molecule has 106 valence electrons. The summed E-state index contributed by atoms with van der Waals surface area (Å²) >= 11 is 0. The van der Waals surface area contributed by atoms with Crippen molar-refractivity contribution in [2.75, 3.05) is 19.4 Å². The quantitative estimate of drug-likeness (QED) is 0.372. The van der Waals surface area contributed by atoms with E-state index in [0.29, 0.717) is 12.6 Å². The Morgan fingerprint density at radius 1 is 1.35 bits per heavy atom. The fraction of sp³-hybridized carbons (Fsp3) is 0.214. The molecule has 0 saturated heterocycles. The van der Waals surface area contributed by atoms with Crippen LogP contribution in [0.4, 0.5) is 10.1 Å². The molecular formula is C14H16FN3O2. The number of nitrogens with one attached hydrogen (secondary N) is 1. The first-order valence-corrected chi connectivity index (χ1v) is 5.88. The molecule has 0 aliphatic carbocycles. The van der Waals surface area contributed by atoms with Gasteiger partial charge in [-0.05, 0) is 24.6 Å². The van der Waals surface area contributed by atoms with E-state index in [0.717, 1.165) is 11.6 Å². The predicted octanol–water partition coefficient (Wildman–Crippen LogP) is 1.75. The fourth-order valence-electron chi connectivity index (χ4n) is 1.48. The van der Waals surface area contributed by atoms with E-state index in [1.54, 1.807) is 27.1 Å². The number of aldehydes is 2. The number of hydrazone groups is 1. The van der Waals surface area contributed by atoms with Gasteiger partial charge < -0.3 is 10.3 Å². The van der Waals surface area contributed by atoms with Crippen LogP contribution in [0.3, 0.4) is 0 Å². The van der Waals surface area contributed by atoms with Gasteiger partial charge in [0.2, 0.25) is 0 Å². The van der Waals surface area contributed by atoms with Gasteiger partial charge in [0, 0.05) is 20.2 Å². The van der Waals surface area contributed by atoms with Gasteiger partial charge in [-0.15, -0.1) is 0 Å². The van der Waals surface area contributed by atoms with Gasteiger partial charge in [-0.25, -0.2) is 4.39 Å². The molecule has 0 fully saturated rings. The number of hydrogen-bond acceptors (Lipinski definition) is 5. The van der Waals surface area contributed by atoms with Gasteiger partial charge in [0.25, 0.3) is 0 Å². The molecule has 0 radical (unpaired) electrons. The highest BCUT2D eigenvalue weighted by Crippen LogP contribution is 2.17. The summed E-state index contributed by atoms with van der Waals surface area (Å²) in [7, 11) is 3.27. The van der Waals surface area contributed by atoms with Crippen molar-refractivity contribution in [3.63, 3.8) is 0 Å². The van der Waals surface area contributed by atoms with E-state index >= 15 is 0 Å². The summed E-state index contributed by atoms with van der Waals surface area (Å²) < 4.78 is 13.8. The number of anilines is 1. The summed E-state index contributed by atoms with van der Waals surface area (Å²) in [6.45, 7) is 1.76. The molecule has 0 unspecified atom stereocenters. The van der Waals surface area contributed by atoms with Crippen molar-refractivity contribution in [1.29, 1.82) is 0 Å². The van der Waals surface area contributed by atoms with Crippen LogP contribution in [0, 0.1) is 12.7 Å². The summed E-state index contributed by atoms with van der Waals surface area (Å²) in [6, 6.07) is 4.60. The zero-order valence-corrected chi connectivity index (χ0v) is 11.6. The summed E-state index contributed by atoms with van der Waals surface area (Å²) in [6.07, 6.45) is 2.12. The normalized spacial score (nSPS) is 12.0. The van der Waals surface area contributed by atoms with Crippen LogP contribution in [0.15, 0.2) is 35.1 Å². The highest BCUT2D eigenvalue weighted by atomic mass is 19.1. The van der Waals surface area contributed by atoms with Crippen LogP contribution in [0.1, 0.15) is 5.56 Å². The van der Waals surface area contributed by atoms with E-state index in [2.05, 4.69) is 10.4 Å². The van der Waals surface area contributed by atoms with Gasteiger partial charge in [0.1, 0.15) is 17.8 Å². The number of benzene rings is 1. The predicted molar refractivity (Wildman–Crippen MR) is 76.1 cm³/mol. The lowest BCUT2D eigenvalue weighted by Crippen LogP contribution is -2.18. The second kappa shape index (κ2) is 7.18. The van der Waals surface area contributed by atoms with Crippen LogP contribution in [-0.2, 0) is 9.59 Å². The molecule has 0 amide bonds. The minimum Gasteiger partial charge on any atom is -0.351 e.